The van der Waals surface area contributed by atoms with E-state index in [1.165, 1.54) is 6.07 Å². The lowest BCUT2D eigenvalue weighted by Crippen LogP contribution is -2.27. The van der Waals surface area contributed by atoms with Crippen LogP contribution in [-0.4, -0.2) is 20.8 Å². The van der Waals surface area contributed by atoms with E-state index in [0.717, 1.165) is 12.5 Å². The monoisotopic (exact) mass is 371 g/mol. The van der Waals surface area contributed by atoms with Crippen LogP contribution in [0, 0.1) is 17.6 Å². The van der Waals surface area contributed by atoms with E-state index in [4.69, 9.17) is 9.88 Å². The van der Waals surface area contributed by atoms with Gasteiger partial charge in [-0.05, 0) is 18.6 Å². The summed E-state index contributed by atoms with van der Waals surface area (Å²) in [5.41, 5.74) is 0. The molecule has 0 amide bonds. The lowest BCUT2D eigenvalue weighted by molar-refractivity contribution is 0.239. The summed E-state index contributed by atoms with van der Waals surface area (Å²) in [4.78, 5) is 0. The largest absolute Gasteiger partial charge is 0.490 e. The molecule has 0 aliphatic carbocycles. The molecular weight excluding hydrogens is 356 g/mol. The number of halogens is 3. The molecule has 0 aliphatic heterocycles. The lowest BCUT2D eigenvalue weighted by atomic mass is 10.1. The first-order valence-corrected chi connectivity index (χ1v) is 8.51. The van der Waals surface area contributed by atoms with Gasteiger partial charge in [-0.1, -0.05) is 29.3 Å². The molecule has 0 aromatic heterocycles. The van der Waals surface area contributed by atoms with Crippen LogP contribution in [0.1, 0.15) is 19.8 Å². The molecule has 0 aliphatic rings. The van der Waals surface area contributed by atoms with Gasteiger partial charge in [0, 0.05) is 10.4 Å². The maximum atomic E-state index is 13.5. The first-order chi connectivity index (χ1) is 9.23. The van der Waals surface area contributed by atoms with Gasteiger partial charge < -0.3 is 4.74 Å². The molecule has 0 saturated carbocycles. The first kappa shape index (κ1) is 17.3. The summed E-state index contributed by atoms with van der Waals surface area (Å²) in [6.45, 7) is 1.84. The smallest absolute Gasteiger partial charge is 0.209 e. The van der Waals surface area contributed by atoms with E-state index in [0.29, 0.717) is 10.9 Å². The van der Waals surface area contributed by atoms with Gasteiger partial charge in [-0.25, -0.2) is 17.9 Å². The molecule has 1 aromatic carbocycles. The molecule has 0 bridgehead atoms. The third kappa shape index (κ3) is 5.72. The zero-order valence-corrected chi connectivity index (χ0v) is 13.3. The Morgan fingerprint density at radius 1 is 1.40 bits per heavy atom. The Kier molecular flexibility index (Phi) is 6.35. The van der Waals surface area contributed by atoms with E-state index in [1.54, 1.807) is 0 Å². The van der Waals surface area contributed by atoms with Crippen molar-refractivity contribution in [1.29, 1.82) is 0 Å². The van der Waals surface area contributed by atoms with Crippen molar-refractivity contribution in [1.82, 2.24) is 0 Å². The summed E-state index contributed by atoms with van der Waals surface area (Å²) < 4.78 is 54.4. The van der Waals surface area contributed by atoms with Crippen molar-refractivity contribution in [2.24, 2.45) is 11.1 Å². The van der Waals surface area contributed by atoms with E-state index >= 15 is 0 Å². The van der Waals surface area contributed by atoms with Gasteiger partial charge in [0.05, 0.1) is 12.4 Å². The van der Waals surface area contributed by atoms with Crippen LogP contribution in [-0.2, 0) is 10.0 Å². The van der Waals surface area contributed by atoms with Crippen molar-refractivity contribution in [3.05, 3.63) is 28.2 Å². The topological polar surface area (TPSA) is 69.4 Å². The van der Waals surface area contributed by atoms with Crippen molar-refractivity contribution in [3.8, 4) is 5.75 Å². The highest BCUT2D eigenvalue weighted by Gasteiger charge is 2.18. The van der Waals surface area contributed by atoms with Crippen LogP contribution in [0.15, 0.2) is 16.6 Å². The van der Waals surface area contributed by atoms with E-state index in [2.05, 4.69) is 15.9 Å². The number of ether oxygens (including phenoxy) is 1. The summed E-state index contributed by atoms with van der Waals surface area (Å²) in [6.07, 6.45) is 1.30. The minimum absolute atomic E-state index is 0.0446. The SMILES string of the molecule is CCCC(COc1cc(Br)cc(F)c1F)CS(N)(=O)=O. The van der Waals surface area contributed by atoms with E-state index in [-0.39, 0.29) is 24.0 Å². The highest BCUT2D eigenvalue weighted by atomic mass is 79.9. The number of rotatable bonds is 7. The standard InChI is InChI=1S/C12H16BrF2NO3S/c1-2-3-8(7-20(16,17)18)6-19-11-5-9(13)4-10(14)12(11)15/h4-5,8H,2-3,6-7H2,1H3,(H2,16,17,18). The molecular formula is C12H16BrF2NO3S. The molecule has 1 unspecified atom stereocenters. The van der Waals surface area contributed by atoms with E-state index < -0.39 is 21.7 Å². The Labute approximate surface area is 125 Å². The Hall–Kier alpha value is -0.730. The van der Waals surface area contributed by atoms with Crippen LogP contribution in [0.2, 0.25) is 0 Å². The summed E-state index contributed by atoms with van der Waals surface area (Å²) >= 11 is 3.03. The zero-order valence-electron chi connectivity index (χ0n) is 10.9. The zero-order chi connectivity index (χ0) is 15.3. The second-order valence-electron chi connectivity index (χ2n) is 4.49. The van der Waals surface area contributed by atoms with Crippen LogP contribution in [0.5, 0.6) is 5.75 Å². The minimum atomic E-state index is -3.63. The number of sulfonamides is 1. The molecule has 0 heterocycles. The predicted molar refractivity (Wildman–Crippen MR) is 75.9 cm³/mol. The van der Waals surface area contributed by atoms with Gasteiger partial charge in [0.15, 0.2) is 11.6 Å². The predicted octanol–water partition coefficient (Wildman–Crippen LogP) is 2.81. The van der Waals surface area contributed by atoms with Crippen LogP contribution < -0.4 is 9.88 Å². The molecule has 1 aromatic rings. The summed E-state index contributed by atoms with van der Waals surface area (Å²) in [6, 6.07) is 2.27. The van der Waals surface area contributed by atoms with Gasteiger partial charge in [-0.3, -0.25) is 0 Å². The maximum Gasteiger partial charge on any atom is 0.209 e. The van der Waals surface area contributed by atoms with Gasteiger partial charge in [0.2, 0.25) is 15.8 Å². The van der Waals surface area contributed by atoms with Crippen molar-refractivity contribution in [2.45, 2.75) is 19.8 Å². The van der Waals surface area contributed by atoms with Gasteiger partial charge in [-0.15, -0.1) is 0 Å². The summed E-state index contributed by atoms with van der Waals surface area (Å²) in [5.74, 6) is -3.00. The second-order valence-corrected chi connectivity index (χ2v) is 7.07. The fourth-order valence-electron chi connectivity index (χ4n) is 1.80. The minimum Gasteiger partial charge on any atom is -0.490 e. The molecule has 1 rings (SSSR count). The number of primary sulfonamides is 1. The fraction of sp³-hybridized carbons (Fsp3) is 0.500. The average Bonchev–Trinajstić information content (AvgIpc) is 2.30. The molecule has 20 heavy (non-hydrogen) atoms. The Morgan fingerprint density at radius 3 is 2.60 bits per heavy atom. The van der Waals surface area contributed by atoms with Crippen molar-refractivity contribution in [2.75, 3.05) is 12.4 Å². The number of nitrogens with two attached hydrogens (primary N) is 1. The summed E-state index contributed by atoms with van der Waals surface area (Å²) in [5, 5.41) is 4.99. The average molecular weight is 372 g/mol. The Morgan fingerprint density at radius 2 is 2.05 bits per heavy atom. The lowest BCUT2D eigenvalue weighted by Gasteiger charge is -2.16. The molecule has 0 spiro atoms. The number of hydrogen-bond acceptors (Lipinski definition) is 3. The van der Waals surface area contributed by atoms with Crippen LogP contribution in [0.4, 0.5) is 8.78 Å². The van der Waals surface area contributed by atoms with Gasteiger partial charge in [0.1, 0.15) is 0 Å². The van der Waals surface area contributed by atoms with Crippen LogP contribution in [0.3, 0.4) is 0 Å². The van der Waals surface area contributed by atoms with Crippen LogP contribution in [0.25, 0.3) is 0 Å². The fourth-order valence-corrected chi connectivity index (χ4v) is 3.13. The Bertz CT molecular complexity index is 566. The molecule has 0 saturated heterocycles. The van der Waals surface area contributed by atoms with Gasteiger partial charge in [-0.2, -0.15) is 4.39 Å². The van der Waals surface area contributed by atoms with Crippen molar-refractivity contribution < 1.29 is 21.9 Å². The molecule has 2 N–H and O–H groups in total. The summed E-state index contributed by atoms with van der Waals surface area (Å²) in [7, 11) is -3.63. The second kappa shape index (κ2) is 7.33. The maximum absolute atomic E-state index is 13.5. The van der Waals surface area contributed by atoms with Crippen molar-refractivity contribution >= 4 is 26.0 Å². The van der Waals surface area contributed by atoms with E-state index in [9.17, 15) is 17.2 Å². The molecule has 8 heteroatoms. The molecule has 1 atom stereocenters. The normalized spacial score (nSPS) is 13.2. The van der Waals surface area contributed by atoms with Crippen molar-refractivity contribution in [3.63, 3.8) is 0 Å². The third-order valence-electron chi connectivity index (χ3n) is 2.60. The third-order valence-corrected chi connectivity index (χ3v) is 3.99. The molecule has 114 valence electrons. The van der Waals surface area contributed by atoms with Gasteiger partial charge >= 0.3 is 0 Å². The van der Waals surface area contributed by atoms with Crippen LogP contribution >= 0.6 is 15.9 Å². The number of hydrogen-bond donors (Lipinski definition) is 1. The van der Waals surface area contributed by atoms with Gasteiger partial charge in [0.25, 0.3) is 0 Å². The molecule has 0 fully saturated rings. The Balaban J connectivity index is 2.77. The molecule has 4 nitrogen and oxygen atoms in total. The highest BCUT2D eigenvalue weighted by molar-refractivity contribution is 9.10. The highest BCUT2D eigenvalue weighted by Crippen LogP contribution is 2.26. The van der Waals surface area contributed by atoms with E-state index in [1.807, 2.05) is 6.92 Å². The quantitative estimate of drug-likeness (QED) is 0.749. The first-order valence-electron chi connectivity index (χ1n) is 6.00. The molecule has 0 radical (unpaired) electrons. The number of benzene rings is 1.